The normalized spacial score (nSPS) is 22.2. The van der Waals surface area contributed by atoms with Gasteiger partial charge in [-0.2, -0.15) is 4.98 Å². The van der Waals surface area contributed by atoms with Gasteiger partial charge in [-0.15, -0.1) is 0 Å². The fraction of sp³-hybridized carbons (Fsp3) is 0.468. The van der Waals surface area contributed by atoms with Crippen LogP contribution in [0.4, 0.5) is 28.8 Å². The molecule has 3 amide bonds. The predicted octanol–water partition coefficient (Wildman–Crippen LogP) is 6.39. The molecule has 1 aliphatic carbocycles. The van der Waals surface area contributed by atoms with Gasteiger partial charge in [-0.25, -0.2) is 4.98 Å². The Kier molecular flexibility index (Phi) is 12.6. The summed E-state index contributed by atoms with van der Waals surface area (Å²) in [6, 6.07) is 17.7. The lowest BCUT2D eigenvalue weighted by molar-refractivity contribution is -0.136. The van der Waals surface area contributed by atoms with Crippen LogP contribution in [-0.4, -0.2) is 126 Å². The first-order valence-corrected chi connectivity index (χ1v) is 25.4. The van der Waals surface area contributed by atoms with Crippen molar-refractivity contribution in [1.29, 1.82) is 0 Å². The van der Waals surface area contributed by atoms with Crippen LogP contribution in [0, 0.1) is 0 Å². The molecule has 9 rings (SSSR count). The SMILES string of the molecule is CCc1cc(Nc2ncc(Cl)c(Nc3ccccc3P(C)(C)=O)n2)c(OC)cc1N1CCC(N2CCN([C@H]3C[C@@H](Oc4cccc5c4CN([C@@H]4CCC(=O)NC4=O)C5=O)C3)CC2)CC1. The molecule has 1 saturated carbocycles. The molecule has 0 radical (unpaired) electrons. The van der Waals surface area contributed by atoms with Crippen LogP contribution in [0.1, 0.15) is 66.9 Å². The molecule has 0 bridgehead atoms. The summed E-state index contributed by atoms with van der Waals surface area (Å²) < 4.78 is 25.4. The van der Waals surface area contributed by atoms with E-state index in [2.05, 4.69) is 54.7 Å². The van der Waals surface area contributed by atoms with Gasteiger partial charge in [0.15, 0.2) is 5.82 Å². The van der Waals surface area contributed by atoms with Crippen LogP contribution in [0.5, 0.6) is 11.5 Å². The van der Waals surface area contributed by atoms with Crippen molar-refractivity contribution in [1.82, 2.24) is 30.0 Å². The molecule has 4 aliphatic heterocycles. The number of carbonyl (C=O) groups is 3. The molecule has 3 saturated heterocycles. The number of nitrogens with zero attached hydrogens (tertiary/aromatic N) is 6. The monoisotopic (exact) mass is 909 g/mol. The summed E-state index contributed by atoms with van der Waals surface area (Å²) in [5, 5.41) is 10.1. The van der Waals surface area contributed by atoms with Crippen molar-refractivity contribution in [2.24, 2.45) is 0 Å². The molecule has 0 unspecified atom stereocenters. The highest BCUT2D eigenvalue weighted by molar-refractivity contribution is 7.70. The van der Waals surface area contributed by atoms with E-state index in [4.69, 9.17) is 26.1 Å². The third-order valence-corrected chi connectivity index (χ3v) is 15.4. The number of ether oxygens (including phenoxy) is 2. The van der Waals surface area contributed by atoms with Crippen LogP contribution in [0.2, 0.25) is 5.02 Å². The molecule has 1 atom stereocenters. The highest BCUT2D eigenvalue weighted by Gasteiger charge is 2.42. The van der Waals surface area contributed by atoms with Crippen LogP contribution in [-0.2, 0) is 27.1 Å². The lowest BCUT2D eigenvalue weighted by Crippen LogP contribution is -2.58. The van der Waals surface area contributed by atoms with Crippen LogP contribution in [0.15, 0.2) is 60.8 Å². The average molecular weight is 910 g/mol. The number of hydrogen-bond acceptors (Lipinski definition) is 13. The van der Waals surface area contributed by atoms with Gasteiger partial charge < -0.3 is 34.5 Å². The Labute approximate surface area is 379 Å². The van der Waals surface area contributed by atoms with Crippen LogP contribution >= 0.6 is 18.7 Å². The van der Waals surface area contributed by atoms with Gasteiger partial charge in [-0.1, -0.05) is 36.7 Å². The van der Waals surface area contributed by atoms with Crippen LogP contribution in [0.3, 0.4) is 0 Å². The fourth-order valence-corrected chi connectivity index (χ4v) is 11.3. The maximum Gasteiger partial charge on any atom is 0.255 e. The zero-order valence-electron chi connectivity index (χ0n) is 36.9. The Morgan fingerprint density at radius 1 is 0.875 bits per heavy atom. The van der Waals surface area contributed by atoms with Crippen molar-refractivity contribution in [3.63, 3.8) is 0 Å². The molecule has 15 nitrogen and oxygen atoms in total. The fourth-order valence-electron chi connectivity index (χ4n) is 9.99. The summed E-state index contributed by atoms with van der Waals surface area (Å²) in [5.41, 5.74) is 5.26. The molecule has 3 aromatic carbocycles. The number of carbonyl (C=O) groups excluding carboxylic acids is 3. The largest absolute Gasteiger partial charge is 0.494 e. The number of para-hydroxylation sites is 1. The highest BCUT2D eigenvalue weighted by Crippen LogP contribution is 2.41. The molecule has 17 heteroatoms. The van der Waals surface area contributed by atoms with E-state index in [1.807, 2.05) is 36.4 Å². The Bertz CT molecular complexity index is 2480. The molecular formula is C47H57ClN9O6P. The van der Waals surface area contributed by atoms with E-state index in [1.165, 1.54) is 11.3 Å². The van der Waals surface area contributed by atoms with Crippen molar-refractivity contribution in [2.45, 2.75) is 82.6 Å². The summed E-state index contributed by atoms with van der Waals surface area (Å²) in [4.78, 5) is 56.1. The molecule has 4 aromatic rings. The summed E-state index contributed by atoms with van der Waals surface area (Å²) in [7, 11) is -0.880. The predicted molar refractivity (Wildman–Crippen MR) is 250 cm³/mol. The van der Waals surface area contributed by atoms with Crippen LogP contribution < -0.4 is 35.6 Å². The van der Waals surface area contributed by atoms with Gasteiger partial charge in [0.25, 0.3) is 5.91 Å². The first kappa shape index (κ1) is 44.0. The van der Waals surface area contributed by atoms with Gasteiger partial charge in [-0.05, 0) is 74.9 Å². The summed E-state index contributed by atoms with van der Waals surface area (Å²) in [6.07, 6.45) is 7.15. The molecule has 1 aromatic heterocycles. The molecule has 64 heavy (non-hydrogen) atoms. The van der Waals surface area contributed by atoms with E-state index < -0.39 is 19.1 Å². The van der Waals surface area contributed by atoms with E-state index in [0.29, 0.717) is 58.8 Å². The van der Waals surface area contributed by atoms with Crippen molar-refractivity contribution in [3.05, 3.63) is 82.5 Å². The highest BCUT2D eigenvalue weighted by atomic mass is 35.5. The summed E-state index contributed by atoms with van der Waals surface area (Å²) in [6.45, 7) is 12.1. The Morgan fingerprint density at radius 3 is 2.31 bits per heavy atom. The third-order valence-electron chi connectivity index (χ3n) is 13.6. The Morgan fingerprint density at radius 2 is 1.61 bits per heavy atom. The number of methoxy groups -OCH3 is 1. The number of amides is 3. The minimum Gasteiger partial charge on any atom is -0.494 e. The van der Waals surface area contributed by atoms with Crippen molar-refractivity contribution in [3.8, 4) is 11.5 Å². The molecule has 338 valence electrons. The van der Waals surface area contributed by atoms with Gasteiger partial charge in [0.05, 0.1) is 31.2 Å². The first-order valence-electron chi connectivity index (χ1n) is 22.4. The number of piperazine rings is 1. The quantitative estimate of drug-likeness (QED) is 0.100. The number of fused-ring (bicyclic) bond motifs is 1. The van der Waals surface area contributed by atoms with Crippen molar-refractivity contribution >= 4 is 70.6 Å². The summed E-state index contributed by atoms with van der Waals surface area (Å²) in [5.74, 6) is 1.31. The molecule has 5 heterocycles. The standard InChI is InChI=1S/C47H57ClN9O6P/c1-5-29-23-37(51-47-49-27-35(48)44(53-47)50-36-10-6-7-12-42(36)64(3,4)61)41(62-2)26-39(29)56-17-15-30(16-18-56)54-19-21-55(22-20-54)31-24-32(25-31)63-40-11-8-9-33-34(40)28-57(46(33)60)38-13-14-43(58)52-45(38)59/h6-12,23,26-27,30-32,38H,5,13-22,24-25,28H2,1-4H3,(H,52,58,59)(H2,49,50,51,53)/t31-,32+,38-/m1/s1. The number of anilines is 5. The number of halogens is 1. The van der Waals surface area contributed by atoms with E-state index >= 15 is 0 Å². The number of rotatable bonds is 13. The molecule has 3 N–H and O–H groups in total. The number of aryl methyl sites for hydroxylation is 1. The first-order chi connectivity index (χ1) is 30.9. The Hall–Kier alpha value is -5.21. The minimum atomic E-state index is -2.56. The Balaban J connectivity index is 0.760. The topological polar surface area (TPSA) is 162 Å². The van der Waals surface area contributed by atoms with Crippen molar-refractivity contribution in [2.75, 3.05) is 75.2 Å². The average Bonchev–Trinajstić information content (AvgIpc) is 3.61. The third kappa shape index (κ3) is 9.05. The lowest BCUT2D eigenvalue weighted by atomic mass is 9.87. The second-order valence-electron chi connectivity index (χ2n) is 17.9. The van der Waals surface area contributed by atoms with E-state index in [9.17, 15) is 18.9 Å². The lowest BCUT2D eigenvalue weighted by Gasteiger charge is -2.48. The van der Waals surface area contributed by atoms with Crippen LogP contribution in [0.25, 0.3) is 0 Å². The zero-order chi connectivity index (χ0) is 44.7. The number of aromatic nitrogens is 2. The van der Waals surface area contributed by atoms with E-state index in [0.717, 1.165) is 93.7 Å². The maximum atomic E-state index is 13.3. The smallest absolute Gasteiger partial charge is 0.255 e. The van der Waals surface area contributed by atoms with E-state index in [1.54, 1.807) is 37.6 Å². The molecule has 4 fully saturated rings. The number of imide groups is 1. The number of nitrogens with one attached hydrogen (secondary N) is 3. The van der Waals surface area contributed by atoms with Gasteiger partial charge in [0.1, 0.15) is 35.8 Å². The van der Waals surface area contributed by atoms with E-state index in [-0.39, 0.29) is 24.3 Å². The van der Waals surface area contributed by atoms with Gasteiger partial charge in [-0.3, -0.25) is 29.5 Å². The minimum absolute atomic E-state index is 0.0876. The maximum absolute atomic E-state index is 13.3. The number of hydrogen-bond donors (Lipinski definition) is 3. The van der Waals surface area contributed by atoms with Gasteiger partial charge in [0.2, 0.25) is 17.8 Å². The van der Waals surface area contributed by atoms with Gasteiger partial charge >= 0.3 is 0 Å². The zero-order valence-corrected chi connectivity index (χ0v) is 38.6. The number of piperidine rings is 2. The molecule has 5 aliphatic rings. The number of benzene rings is 3. The summed E-state index contributed by atoms with van der Waals surface area (Å²) >= 11 is 6.54. The molecular weight excluding hydrogens is 853 g/mol. The second kappa shape index (κ2) is 18.3. The molecule has 0 spiro atoms. The second-order valence-corrected chi connectivity index (χ2v) is 21.5. The van der Waals surface area contributed by atoms with Crippen molar-refractivity contribution < 1.29 is 28.4 Å². The van der Waals surface area contributed by atoms with Gasteiger partial charge in [0, 0.05) is 98.8 Å².